The molecule has 1 aliphatic carbocycles. The Morgan fingerprint density at radius 1 is 1.32 bits per heavy atom. The van der Waals surface area contributed by atoms with Crippen LogP contribution in [0.3, 0.4) is 0 Å². The quantitative estimate of drug-likeness (QED) is 0.346. The van der Waals surface area contributed by atoms with Crippen molar-refractivity contribution in [3.05, 3.63) is 29.8 Å². The number of rotatable bonds is 6. The molecule has 4 heteroatoms. The van der Waals surface area contributed by atoms with Crippen LogP contribution in [0, 0.1) is 18.3 Å². The predicted molar refractivity (Wildman–Crippen MR) is 74.0 cm³/mol. The van der Waals surface area contributed by atoms with Gasteiger partial charge in [-0.3, -0.25) is 9.59 Å². The minimum atomic E-state index is -0.332. The molecule has 1 saturated carbocycles. The van der Waals surface area contributed by atoms with Gasteiger partial charge in [0.2, 0.25) is 0 Å². The molecule has 98 valence electrons. The van der Waals surface area contributed by atoms with Gasteiger partial charge in [-0.25, -0.2) is 0 Å². The van der Waals surface area contributed by atoms with Crippen LogP contribution in [-0.4, -0.2) is 24.1 Å². The highest BCUT2D eigenvalue weighted by Gasteiger charge is 2.30. The predicted octanol–water partition coefficient (Wildman–Crippen LogP) is 2.55. The van der Waals surface area contributed by atoms with Gasteiger partial charge in [-0.1, -0.05) is 18.1 Å². The second kappa shape index (κ2) is 6.44. The van der Waals surface area contributed by atoms with Gasteiger partial charge >= 0.3 is 5.97 Å². The van der Waals surface area contributed by atoms with Crippen molar-refractivity contribution in [3.63, 3.8) is 0 Å². The van der Waals surface area contributed by atoms with Crippen LogP contribution < -0.4 is 0 Å². The minimum absolute atomic E-state index is 0.00816. The number of hydrogen-bond acceptors (Lipinski definition) is 4. The number of benzene rings is 1. The maximum Gasteiger partial charge on any atom is 0.317 e. The Bertz CT molecular complexity index is 509. The molecule has 1 fully saturated rings. The highest BCUT2D eigenvalue weighted by molar-refractivity contribution is 8.00. The van der Waals surface area contributed by atoms with Crippen molar-refractivity contribution in [2.45, 2.75) is 17.7 Å². The van der Waals surface area contributed by atoms with Gasteiger partial charge in [0, 0.05) is 16.4 Å². The van der Waals surface area contributed by atoms with Gasteiger partial charge in [0.1, 0.15) is 0 Å². The van der Waals surface area contributed by atoms with Crippen LogP contribution in [0.15, 0.2) is 29.2 Å². The molecule has 1 aromatic rings. The number of Topliss-reactive ketones (excluding diaryl/α,β-unsaturated/α-hetero) is 1. The average molecular weight is 274 g/mol. The van der Waals surface area contributed by atoms with Gasteiger partial charge in [0.15, 0.2) is 12.4 Å². The Morgan fingerprint density at radius 3 is 2.58 bits per heavy atom. The number of esters is 1. The van der Waals surface area contributed by atoms with Crippen molar-refractivity contribution in [1.29, 1.82) is 0 Å². The molecule has 0 bridgehead atoms. The first-order chi connectivity index (χ1) is 9.20. The summed E-state index contributed by atoms with van der Waals surface area (Å²) in [6.45, 7) is 0.00816. The van der Waals surface area contributed by atoms with Crippen molar-refractivity contribution in [3.8, 4) is 12.3 Å². The zero-order valence-electron chi connectivity index (χ0n) is 10.4. The Kier molecular flexibility index (Phi) is 4.64. The van der Waals surface area contributed by atoms with Crippen molar-refractivity contribution in [2.75, 3.05) is 12.4 Å². The molecule has 0 aromatic heterocycles. The molecule has 0 radical (unpaired) electrons. The van der Waals surface area contributed by atoms with E-state index in [9.17, 15) is 9.59 Å². The van der Waals surface area contributed by atoms with Crippen molar-refractivity contribution in [1.82, 2.24) is 0 Å². The summed E-state index contributed by atoms with van der Waals surface area (Å²) in [4.78, 5) is 24.0. The molecule has 19 heavy (non-hydrogen) atoms. The van der Waals surface area contributed by atoms with Gasteiger partial charge < -0.3 is 4.74 Å². The lowest BCUT2D eigenvalue weighted by Gasteiger charge is -2.03. The van der Waals surface area contributed by atoms with E-state index in [0.717, 1.165) is 23.3 Å². The molecule has 2 rings (SSSR count). The van der Waals surface area contributed by atoms with Gasteiger partial charge in [-0.05, 0) is 25.0 Å². The summed E-state index contributed by atoms with van der Waals surface area (Å²) in [6, 6.07) is 7.34. The molecule has 0 unspecified atom stereocenters. The number of hydrogen-bond donors (Lipinski definition) is 0. The van der Waals surface area contributed by atoms with Gasteiger partial charge in [-0.2, -0.15) is 0 Å². The fourth-order valence-corrected chi connectivity index (χ4v) is 2.30. The normalized spacial score (nSPS) is 13.6. The van der Waals surface area contributed by atoms with Gasteiger partial charge in [-0.15, -0.1) is 18.2 Å². The number of carbonyl (C=O) groups is 2. The molecule has 0 saturated heterocycles. The average Bonchev–Trinajstić information content (AvgIpc) is 3.27. The van der Waals surface area contributed by atoms with Gasteiger partial charge in [0.05, 0.1) is 5.75 Å². The Labute approximate surface area is 116 Å². The van der Waals surface area contributed by atoms with Crippen LogP contribution >= 0.6 is 11.8 Å². The molecule has 0 atom stereocenters. The molecule has 3 nitrogen and oxygen atoms in total. The third kappa shape index (κ3) is 4.15. The standard InChI is InChI=1S/C15H14O3S/c1-2-9-18-14(16)10-19-13-7-5-12(6-8-13)15(17)11-3-4-11/h1,5-8,11H,3-4,9-10H2. The lowest BCUT2D eigenvalue weighted by molar-refractivity contribution is -0.138. The summed E-state index contributed by atoms with van der Waals surface area (Å²) in [7, 11) is 0. The van der Waals surface area contributed by atoms with Gasteiger partial charge in [0.25, 0.3) is 0 Å². The number of ketones is 1. The van der Waals surface area contributed by atoms with Crippen molar-refractivity contribution >= 4 is 23.5 Å². The third-order valence-corrected chi connectivity index (χ3v) is 3.75. The summed E-state index contributed by atoms with van der Waals surface area (Å²) >= 11 is 1.37. The monoisotopic (exact) mass is 274 g/mol. The van der Waals surface area contributed by atoms with E-state index in [4.69, 9.17) is 11.2 Å². The van der Waals surface area contributed by atoms with Crippen LogP contribution in [0.5, 0.6) is 0 Å². The third-order valence-electron chi connectivity index (χ3n) is 2.76. The molecule has 1 aliphatic rings. The van der Waals surface area contributed by atoms with Crippen LogP contribution in [-0.2, 0) is 9.53 Å². The molecule has 1 aromatic carbocycles. The SMILES string of the molecule is C#CCOC(=O)CSc1ccc(C(=O)C2CC2)cc1. The van der Waals surface area contributed by atoms with E-state index in [1.54, 1.807) is 0 Å². The second-order valence-corrected chi connectivity index (χ2v) is 5.37. The van der Waals surface area contributed by atoms with E-state index in [-0.39, 0.29) is 30.0 Å². The molecule has 0 spiro atoms. The smallest absolute Gasteiger partial charge is 0.317 e. The molecular formula is C15H14O3S. The fraction of sp³-hybridized carbons (Fsp3) is 0.333. The first kappa shape index (κ1) is 13.7. The maximum atomic E-state index is 11.8. The number of carbonyl (C=O) groups excluding carboxylic acids is 2. The Morgan fingerprint density at radius 2 is 2.00 bits per heavy atom. The highest BCUT2D eigenvalue weighted by atomic mass is 32.2. The molecule has 0 N–H and O–H groups in total. The lowest BCUT2D eigenvalue weighted by atomic mass is 10.1. The Hall–Kier alpha value is -1.73. The molecule has 0 amide bonds. The van der Waals surface area contributed by atoms with E-state index >= 15 is 0 Å². The fourth-order valence-electron chi connectivity index (χ4n) is 1.60. The molecular weight excluding hydrogens is 260 g/mol. The summed E-state index contributed by atoms with van der Waals surface area (Å²) in [5, 5.41) is 0. The van der Waals surface area contributed by atoms with E-state index < -0.39 is 0 Å². The van der Waals surface area contributed by atoms with Crippen LogP contribution in [0.25, 0.3) is 0 Å². The van der Waals surface area contributed by atoms with Crippen LogP contribution in [0.2, 0.25) is 0 Å². The molecule has 0 aliphatic heterocycles. The first-order valence-corrected chi connectivity index (χ1v) is 7.05. The van der Waals surface area contributed by atoms with Crippen molar-refractivity contribution < 1.29 is 14.3 Å². The summed E-state index contributed by atoms with van der Waals surface area (Å²) in [5.41, 5.74) is 0.752. The lowest BCUT2D eigenvalue weighted by Crippen LogP contribution is -2.07. The zero-order chi connectivity index (χ0) is 13.7. The number of thioether (sulfide) groups is 1. The van der Waals surface area contributed by atoms with E-state index in [2.05, 4.69) is 5.92 Å². The van der Waals surface area contributed by atoms with Crippen LogP contribution in [0.1, 0.15) is 23.2 Å². The summed E-state index contributed by atoms with van der Waals surface area (Å²) < 4.78 is 4.76. The summed E-state index contributed by atoms with van der Waals surface area (Å²) in [6.07, 6.45) is 7.01. The second-order valence-electron chi connectivity index (χ2n) is 4.32. The van der Waals surface area contributed by atoms with E-state index in [0.29, 0.717) is 0 Å². The zero-order valence-corrected chi connectivity index (χ0v) is 11.2. The number of ether oxygens (including phenoxy) is 1. The topological polar surface area (TPSA) is 43.4 Å². The summed E-state index contributed by atoms with van der Waals surface area (Å²) in [5.74, 6) is 2.59. The van der Waals surface area contributed by atoms with E-state index in [1.165, 1.54) is 11.8 Å². The first-order valence-electron chi connectivity index (χ1n) is 6.07. The minimum Gasteiger partial charge on any atom is -0.452 e. The van der Waals surface area contributed by atoms with E-state index in [1.807, 2.05) is 24.3 Å². The maximum absolute atomic E-state index is 11.8. The largest absolute Gasteiger partial charge is 0.452 e. The Balaban J connectivity index is 1.83. The van der Waals surface area contributed by atoms with Crippen molar-refractivity contribution in [2.24, 2.45) is 5.92 Å². The van der Waals surface area contributed by atoms with Crippen LogP contribution in [0.4, 0.5) is 0 Å². The number of terminal acetylenes is 1. The highest BCUT2D eigenvalue weighted by Crippen LogP contribution is 2.33. The molecule has 0 heterocycles.